The van der Waals surface area contributed by atoms with Gasteiger partial charge in [0.1, 0.15) is 17.0 Å². The third-order valence-corrected chi connectivity index (χ3v) is 3.66. The molecular weight excluding hydrogens is 252 g/mol. The molecule has 0 radical (unpaired) electrons. The van der Waals surface area contributed by atoms with E-state index in [0.717, 1.165) is 27.7 Å². The number of anilines is 2. The molecule has 1 aliphatic rings. The van der Waals surface area contributed by atoms with Crippen molar-refractivity contribution in [1.29, 1.82) is 0 Å². The van der Waals surface area contributed by atoms with Gasteiger partial charge in [-0.3, -0.25) is 4.98 Å². The minimum absolute atomic E-state index is 0.165. The van der Waals surface area contributed by atoms with Crippen molar-refractivity contribution in [2.75, 3.05) is 12.4 Å². The number of ether oxygens (including phenoxy) is 1. The van der Waals surface area contributed by atoms with Crippen molar-refractivity contribution < 1.29 is 9.84 Å². The summed E-state index contributed by atoms with van der Waals surface area (Å²) in [5.74, 6) is 0.738. The molecule has 0 fully saturated rings. The molecule has 0 amide bonds. The Morgan fingerprint density at radius 3 is 2.85 bits per heavy atom. The molecule has 4 rings (SSSR count). The number of benzene rings is 2. The van der Waals surface area contributed by atoms with Crippen LogP contribution in [0.25, 0.3) is 22.0 Å². The number of nitrogens with one attached hydrogen (secondary N) is 1. The van der Waals surface area contributed by atoms with Crippen molar-refractivity contribution in [2.45, 2.75) is 0 Å². The van der Waals surface area contributed by atoms with Crippen molar-refractivity contribution in [3.05, 3.63) is 42.6 Å². The predicted molar refractivity (Wildman–Crippen MR) is 78.7 cm³/mol. The lowest BCUT2D eigenvalue weighted by molar-refractivity contribution is 0.412. The molecule has 0 saturated carbocycles. The average Bonchev–Trinajstić information content (AvgIpc) is 2.50. The summed E-state index contributed by atoms with van der Waals surface area (Å²) in [6.07, 6.45) is 1.77. The van der Waals surface area contributed by atoms with Crippen molar-refractivity contribution in [1.82, 2.24) is 4.98 Å². The predicted octanol–water partition coefficient (Wildman–Crippen LogP) is 3.67. The molecule has 20 heavy (non-hydrogen) atoms. The fourth-order valence-electron chi connectivity index (χ4n) is 2.76. The normalized spacial score (nSPS) is 11.8. The SMILES string of the molecule is COc1cc(O)c2c3c(ccnc13)-c1ccccc1N2. The maximum atomic E-state index is 10.2. The molecule has 1 aromatic heterocycles. The quantitative estimate of drug-likeness (QED) is 0.515. The lowest BCUT2D eigenvalue weighted by Crippen LogP contribution is -2.03. The number of phenolic OH excluding ortho intramolecular Hbond substituents is 1. The van der Waals surface area contributed by atoms with Crippen LogP contribution in [0.3, 0.4) is 0 Å². The molecule has 2 aromatic carbocycles. The number of nitrogens with zero attached hydrogens (tertiary/aromatic N) is 1. The zero-order chi connectivity index (χ0) is 13.7. The van der Waals surface area contributed by atoms with Crippen molar-refractivity contribution in [3.8, 4) is 22.6 Å². The van der Waals surface area contributed by atoms with Gasteiger partial charge in [-0.2, -0.15) is 0 Å². The Morgan fingerprint density at radius 1 is 1.15 bits per heavy atom. The number of aromatic nitrogens is 1. The standard InChI is InChI=1S/C16H12N2O2/c1-20-13-8-12(19)15-14-10(6-7-17-16(13)14)9-4-2-3-5-11(9)18-15/h2-8,18-19H,1H3. The van der Waals surface area contributed by atoms with Gasteiger partial charge in [0.25, 0.3) is 0 Å². The molecule has 4 heteroatoms. The van der Waals surface area contributed by atoms with Gasteiger partial charge in [-0.25, -0.2) is 0 Å². The molecule has 0 atom stereocenters. The van der Waals surface area contributed by atoms with Crippen LogP contribution in [0.2, 0.25) is 0 Å². The fourth-order valence-corrected chi connectivity index (χ4v) is 2.76. The van der Waals surface area contributed by atoms with Crippen LogP contribution >= 0.6 is 0 Å². The first-order valence-corrected chi connectivity index (χ1v) is 6.34. The number of para-hydroxylation sites is 1. The van der Waals surface area contributed by atoms with E-state index in [-0.39, 0.29) is 5.75 Å². The van der Waals surface area contributed by atoms with E-state index in [4.69, 9.17) is 4.74 Å². The number of phenols is 1. The smallest absolute Gasteiger partial charge is 0.148 e. The number of hydrogen-bond donors (Lipinski definition) is 2. The van der Waals surface area contributed by atoms with E-state index in [1.54, 1.807) is 19.4 Å². The van der Waals surface area contributed by atoms with Crippen LogP contribution < -0.4 is 10.1 Å². The average molecular weight is 264 g/mol. The van der Waals surface area contributed by atoms with Gasteiger partial charge in [-0.05, 0) is 17.7 Å². The minimum atomic E-state index is 0.165. The Balaban J connectivity index is 2.20. The van der Waals surface area contributed by atoms with Crippen LogP contribution in [-0.2, 0) is 0 Å². The second kappa shape index (κ2) is 3.87. The van der Waals surface area contributed by atoms with E-state index in [1.807, 2.05) is 24.3 Å². The molecule has 2 N–H and O–H groups in total. The highest BCUT2D eigenvalue weighted by molar-refractivity contribution is 6.13. The van der Waals surface area contributed by atoms with Gasteiger partial charge in [0.15, 0.2) is 0 Å². The van der Waals surface area contributed by atoms with Gasteiger partial charge >= 0.3 is 0 Å². The first-order valence-electron chi connectivity index (χ1n) is 6.34. The third-order valence-electron chi connectivity index (χ3n) is 3.66. The van der Waals surface area contributed by atoms with E-state index in [2.05, 4.69) is 16.4 Å². The van der Waals surface area contributed by atoms with Crippen LogP contribution in [-0.4, -0.2) is 17.2 Å². The summed E-state index contributed by atoms with van der Waals surface area (Å²) in [5.41, 5.74) is 4.56. The van der Waals surface area contributed by atoms with E-state index in [9.17, 15) is 5.11 Å². The van der Waals surface area contributed by atoms with Crippen molar-refractivity contribution in [2.24, 2.45) is 0 Å². The Hall–Kier alpha value is -2.75. The molecule has 98 valence electrons. The van der Waals surface area contributed by atoms with E-state index >= 15 is 0 Å². The highest BCUT2D eigenvalue weighted by atomic mass is 16.5. The molecule has 0 bridgehead atoms. The molecule has 4 nitrogen and oxygen atoms in total. The van der Waals surface area contributed by atoms with Gasteiger partial charge in [-0.15, -0.1) is 0 Å². The highest BCUT2D eigenvalue weighted by Gasteiger charge is 2.22. The summed E-state index contributed by atoms with van der Waals surface area (Å²) < 4.78 is 5.32. The number of pyridine rings is 1. The summed E-state index contributed by atoms with van der Waals surface area (Å²) in [5, 5.41) is 14.4. The summed E-state index contributed by atoms with van der Waals surface area (Å²) in [7, 11) is 1.58. The Bertz CT molecular complexity index is 843. The highest BCUT2D eigenvalue weighted by Crippen LogP contribution is 2.48. The van der Waals surface area contributed by atoms with Crippen molar-refractivity contribution >= 4 is 22.3 Å². The number of aromatic hydroxyl groups is 1. The number of rotatable bonds is 1. The summed E-state index contributed by atoms with van der Waals surface area (Å²) >= 11 is 0. The van der Waals surface area contributed by atoms with Crippen molar-refractivity contribution in [3.63, 3.8) is 0 Å². The molecule has 2 heterocycles. The van der Waals surface area contributed by atoms with Crippen LogP contribution in [0.15, 0.2) is 42.6 Å². The fraction of sp³-hybridized carbons (Fsp3) is 0.0625. The third kappa shape index (κ3) is 1.33. The molecule has 0 aliphatic carbocycles. The summed E-state index contributed by atoms with van der Waals surface area (Å²) in [6.45, 7) is 0. The number of hydrogen-bond acceptors (Lipinski definition) is 4. The lowest BCUT2D eigenvalue weighted by Gasteiger charge is -2.23. The Morgan fingerprint density at radius 2 is 2.00 bits per heavy atom. The van der Waals surface area contributed by atoms with Crippen LogP contribution in [0.5, 0.6) is 11.5 Å². The van der Waals surface area contributed by atoms with E-state index in [0.29, 0.717) is 11.4 Å². The largest absolute Gasteiger partial charge is 0.506 e. The molecule has 0 spiro atoms. The first kappa shape index (κ1) is 11.1. The Kier molecular flexibility index (Phi) is 2.15. The summed E-state index contributed by atoms with van der Waals surface area (Å²) in [4.78, 5) is 4.39. The van der Waals surface area contributed by atoms with Gasteiger partial charge in [0.2, 0.25) is 0 Å². The van der Waals surface area contributed by atoms with Gasteiger partial charge in [0.05, 0.1) is 12.8 Å². The summed E-state index contributed by atoms with van der Waals surface area (Å²) in [6, 6.07) is 11.6. The molecule has 0 saturated heterocycles. The molecule has 0 unspecified atom stereocenters. The zero-order valence-electron chi connectivity index (χ0n) is 10.8. The topological polar surface area (TPSA) is 54.4 Å². The minimum Gasteiger partial charge on any atom is -0.506 e. The maximum absolute atomic E-state index is 10.2. The van der Waals surface area contributed by atoms with Crippen LogP contribution in [0.4, 0.5) is 11.4 Å². The molecular formula is C16H12N2O2. The lowest BCUT2D eigenvalue weighted by atomic mass is 9.94. The second-order valence-electron chi connectivity index (χ2n) is 4.73. The van der Waals surface area contributed by atoms with Gasteiger partial charge in [0, 0.05) is 28.9 Å². The zero-order valence-corrected chi connectivity index (χ0v) is 10.8. The first-order chi connectivity index (χ1) is 9.79. The monoisotopic (exact) mass is 264 g/mol. The van der Waals surface area contributed by atoms with Crippen LogP contribution in [0.1, 0.15) is 0 Å². The molecule has 1 aliphatic heterocycles. The van der Waals surface area contributed by atoms with Gasteiger partial charge < -0.3 is 15.2 Å². The Labute approximate surface area is 115 Å². The number of methoxy groups -OCH3 is 1. The van der Waals surface area contributed by atoms with E-state index in [1.165, 1.54) is 0 Å². The maximum Gasteiger partial charge on any atom is 0.148 e. The molecule has 3 aromatic rings. The number of fused-ring (bicyclic) bond motifs is 2. The van der Waals surface area contributed by atoms with E-state index < -0.39 is 0 Å². The van der Waals surface area contributed by atoms with Crippen LogP contribution in [0, 0.1) is 0 Å². The second-order valence-corrected chi connectivity index (χ2v) is 4.73. The van der Waals surface area contributed by atoms with Gasteiger partial charge in [-0.1, -0.05) is 18.2 Å².